The SMILES string of the molecule is N#Cc1ccccc1N(c1ccccn1)c1ccc2ccc3c(N(c4ccccn4)c4ccc(-c5ccccc5)cc4C#N)ccc4ccc1c2c43. The lowest BCUT2D eigenvalue weighted by Crippen LogP contribution is -2.14. The van der Waals surface area contributed by atoms with Crippen LogP contribution in [-0.2, 0) is 0 Å². The number of para-hydroxylation sites is 1. The van der Waals surface area contributed by atoms with Crippen LogP contribution >= 0.6 is 0 Å². The van der Waals surface area contributed by atoms with Crippen LogP contribution in [0, 0.1) is 22.7 Å². The van der Waals surface area contributed by atoms with Crippen LogP contribution in [0.1, 0.15) is 11.1 Å². The molecule has 2 heterocycles. The van der Waals surface area contributed by atoms with Crippen LogP contribution in [0.2, 0.25) is 0 Å². The summed E-state index contributed by atoms with van der Waals surface area (Å²) in [7, 11) is 0. The largest absolute Gasteiger partial charge is 0.293 e. The molecule has 0 aliphatic rings. The first-order chi connectivity index (χ1) is 25.7. The van der Waals surface area contributed by atoms with E-state index in [1.165, 1.54) is 0 Å². The lowest BCUT2D eigenvalue weighted by Gasteiger charge is -2.29. The van der Waals surface area contributed by atoms with E-state index < -0.39 is 0 Å². The highest BCUT2D eigenvalue weighted by Gasteiger charge is 2.24. The molecule has 0 radical (unpaired) electrons. The fourth-order valence-corrected chi connectivity index (χ4v) is 7.28. The number of benzene rings is 7. The fourth-order valence-electron chi connectivity index (χ4n) is 7.28. The number of rotatable bonds is 7. The molecule has 0 unspecified atom stereocenters. The van der Waals surface area contributed by atoms with Gasteiger partial charge in [-0.25, -0.2) is 9.97 Å². The van der Waals surface area contributed by atoms with Gasteiger partial charge in [0.05, 0.1) is 33.9 Å². The summed E-state index contributed by atoms with van der Waals surface area (Å²) in [4.78, 5) is 13.7. The molecule has 0 N–H and O–H groups in total. The van der Waals surface area contributed by atoms with Crippen molar-refractivity contribution in [1.29, 1.82) is 10.5 Å². The highest BCUT2D eigenvalue weighted by molar-refractivity contribution is 6.28. The lowest BCUT2D eigenvalue weighted by molar-refractivity contribution is 1.18. The molecule has 9 rings (SSSR count). The van der Waals surface area contributed by atoms with Crippen molar-refractivity contribution in [3.05, 3.63) is 181 Å². The van der Waals surface area contributed by atoms with Crippen LogP contribution in [0.4, 0.5) is 34.4 Å². The summed E-state index contributed by atoms with van der Waals surface area (Å²) in [5.74, 6) is 1.42. The van der Waals surface area contributed by atoms with Crippen molar-refractivity contribution in [2.75, 3.05) is 9.80 Å². The van der Waals surface area contributed by atoms with Crippen LogP contribution in [0.15, 0.2) is 170 Å². The van der Waals surface area contributed by atoms with Gasteiger partial charge in [0.1, 0.15) is 23.8 Å². The van der Waals surface area contributed by atoms with E-state index in [2.05, 4.69) is 88.7 Å². The topological polar surface area (TPSA) is 79.8 Å². The van der Waals surface area contributed by atoms with E-state index in [0.29, 0.717) is 22.8 Å². The van der Waals surface area contributed by atoms with E-state index in [1.54, 1.807) is 12.4 Å². The molecule has 52 heavy (non-hydrogen) atoms. The summed E-state index contributed by atoms with van der Waals surface area (Å²) in [5.41, 5.74) is 6.44. The average molecular weight is 665 g/mol. The zero-order chi connectivity index (χ0) is 35.0. The third-order valence-electron chi connectivity index (χ3n) is 9.59. The van der Waals surface area contributed by atoms with Crippen molar-refractivity contribution in [1.82, 2.24) is 9.97 Å². The second-order valence-electron chi connectivity index (χ2n) is 12.5. The third kappa shape index (κ3) is 5.03. The summed E-state index contributed by atoms with van der Waals surface area (Å²) < 4.78 is 0. The Hall–Kier alpha value is -7.54. The molecule has 0 fully saturated rings. The first-order valence-corrected chi connectivity index (χ1v) is 16.9. The van der Waals surface area contributed by atoms with Crippen molar-refractivity contribution in [2.24, 2.45) is 0 Å². The Balaban J connectivity index is 1.30. The van der Waals surface area contributed by atoms with Crippen LogP contribution in [0.3, 0.4) is 0 Å². The van der Waals surface area contributed by atoms with Crippen LogP contribution in [0.25, 0.3) is 43.4 Å². The molecule has 9 aromatic rings. The van der Waals surface area contributed by atoms with E-state index in [-0.39, 0.29) is 0 Å². The first kappa shape index (κ1) is 30.5. The van der Waals surface area contributed by atoms with E-state index in [1.807, 2.05) is 91.0 Å². The summed E-state index contributed by atoms with van der Waals surface area (Å²) in [6, 6.07) is 57.4. The molecule has 2 aromatic heterocycles. The van der Waals surface area contributed by atoms with Crippen LogP contribution in [0.5, 0.6) is 0 Å². The molecule has 0 saturated heterocycles. The van der Waals surface area contributed by atoms with Gasteiger partial charge in [-0.3, -0.25) is 9.80 Å². The Morgan fingerprint density at radius 1 is 0.404 bits per heavy atom. The Bertz CT molecular complexity index is 2820. The Morgan fingerprint density at radius 2 is 0.904 bits per heavy atom. The van der Waals surface area contributed by atoms with Gasteiger partial charge in [-0.05, 0) is 93.3 Å². The highest BCUT2D eigenvalue weighted by Crippen LogP contribution is 2.47. The Morgan fingerprint density at radius 3 is 1.46 bits per heavy atom. The van der Waals surface area contributed by atoms with E-state index >= 15 is 0 Å². The number of anilines is 6. The average Bonchev–Trinajstić information content (AvgIpc) is 3.22. The predicted octanol–water partition coefficient (Wildman–Crippen LogP) is 11.7. The molecule has 6 nitrogen and oxygen atoms in total. The normalized spacial score (nSPS) is 11.0. The van der Waals surface area contributed by atoms with E-state index in [4.69, 9.17) is 9.97 Å². The van der Waals surface area contributed by atoms with E-state index in [0.717, 1.165) is 66.2 Å². The van der Waals surface area contributed by atoms with Crippen molar-refractivity contribution in [3.63, 3.8) is 0 Å². The molecule has 242 valence electrons. The second-order valence-corrected chi connectivity index (χ2v) is 12.5. The monoisotopic (exact) mass is 664 g/mol. The molecule has 0 amide bonds. The minimum absolute atomic E-state index is 0.544. The maximum atomic E-state index is 10.5. The molecular formula is C46H28N6. The van der Waals surface area contributed by atoms with Gasteiger partial charge in [0.15, 0.2) is 0 Å². The zero-order valence-electron chi connectivity index (χ0n) is 27.8. The minimum Gasteiger partial charge on any atom is -0.293 e. The third-order valence-corrected chi connectivity index (χ3v) is 9.59. The quantitative estimate of drug-likeness (QED) is 0.158. The molecule has 0 aliphatic heterocycles. The van der Waals surface area contributed by atoms with Crippen molar-refractivity contribution in [3.8, 4) is 23.3 Å². The van der Waals surface area contributed by atoms with Gasteiger partial charge in [0.2, 0.25) is 0 Å². The number of nitrogens with zero attached hydrogens (tertiary/aromatic N) is 6. The zero-order valence-corrected chi connectivity index (χ0v) is 27.8. The van der Waals surface area contributed by atoms with Crippen molar-refractivity contribution < 1.29 is 0 Å². The highest BCUT2D eigenvalue weighted by atomic mass is 15.2. The number of nitriles is 2. The van der Waals surface area contributed by atoms with Crippen LogP contribution < -0.4 is 9.80 Å². The molecule has 0 saturated carbocycles. The number of hydrogen-bond acceptors (Lipinski definition) is 6. The maximum Gasteiger partial charge on any atom is 0.137 e. The predicted molar refractivity (Wildman–Crippen MR) is 210 cm³/mol. The van der Waals surface area contributed by atoms with Gasteiger partial charge in [0, 0.05) is 23.2 Å². The first-order valence-electron chi connectivity index (χ1n) is 16.9. The van der Waals surface area contributed by atoms with Crippen molar-refractivity contribution in [2.45, 2.75) is 0 Å². The van der Waals surface area contributed by atoms with Crippen molar-refractivity contribution >= 4 is 66.7 Å². The molecule has 0 atom stereocenters. The van der Waals surface area contributed by atoms with Gasteiger partial charge in [-0.2, -0.15) is 10.5 Å². The van der Waals surface area contributed by atoms with Gasteiger partial charge in [0.25, 0.3) is 0 Å². The molecule has 0 spiro atoms. The summed E-state index contributed by atoms with van der Waals surface area (Å²) in [6.07, 6.45) is 3.55. The molecule has 6 heteroatoms. The number of hydrogen-bond donors (Lipinski definition) is 0. The number of aromatic nitrogens is 2. The Labute approximate surface area is 300 Å². The Kier molecular flexibility index (Phi) is 7.47. The number of pyridine rings is 2. The van der Waals surface area contributed by atoms with Gasteiger partial charge >= 0.3 is 0 Å². The van der Waals surface area contributed by atoms with Gasteiger partial charge in [-0.1, -0.05) is 97.1 Å². The maximum absolute atomic E-state index is 10.5. The van der Waals surface area contributed by atoms with Crippen LogP contribution in [-0.4, -0.2) is 9.97 Å². The standard InChI is InChI=1S/C46H28N6/c47-29-35-12-4-5-13-39(35)51(43-14-6-8-26-49-43)41-24-18-32-17-22-38-42(25-19-33-16-21-37(41)45(32)46(33)38)52(44-15-7-9-27-50-44)40-23-20-34(28-36(40)30-48)31-10-2-1-3-11-31/h1-28H. The van der Waals surface area contributed by atoms with E-state index in [9.17, 15) is 10.5 Å². The fraction of sp³-hybridized carbons (Fsp3) is 0. The minimum atomic E-state index is 0.544. The summed E-state index contributed by atoms with van der Waals surface area (Å²) in [6.45, 7) is 0. The van der Waals surface area contributed by atoms with Gasteiger partial charge in [-0.15, -0.1) is 0 Å². The summed E-state index contributed by atoms with van der Waals surface area (Å²) >= 11 is 0. The molecule has 7 aromatic carbocycles. The second kappa shape index (κ2) is 12.7. The molecule has 0 bridgehead atoms. The lowest BCUT2D eigenvalue weighted by atomic mass is 9.91. The smallest absolute Gasteiger partial charge is 0.137 e. The molecular weight excluding hydrogens is 637 g/mol. The summed E-state index contributed by atoms with van der Waals surface area (Å²) in [5, 5.41) is 27.1. The van der Waals surface area contributed by atoms with Gasteiger partial charge < -0.3 is 0 Å². The molecule has 0 aliphatic carbocycles.